The van der Waals surface area contributed by atoms with Gasteiger partial charge in [0.15, 0.2) is 0 Å². The number of hydrogen-bond donors (Lipinski definition) is 1. The molecule has 4 heteroatoms. The molecule has 78 valence electrons. The molecular formula is C10H12F3N. The van der Waals surface area contributed by atoms with E-state index in [1.807, 2.05) is 13.0 Å². The number of halogens is 3. The summed E-state index contributed by atoms with van der Waals surface area (Å²) in [6.45, 7) is 1.84. The fraction of sp³-hybridized carbons (Fsp3) is 0.400. The predicted molar refractivity (Wildman–Crippen MR) is 48.9 cm³/mol. The lowest BCUT2D eigenvalue weighted by Gasteiger charge is -2.15. The van der Waals surface area contributed by atoms with E-state index in [0.717, 1.165) is 5.56 Å². The summed E-state index contributed by atoms with van der Waals surface area (Å²) in [5.41, 5.74) is 6.57. The van der Waals surface area contributed by atoms with E-state index in [1.165, 1.54) is 0 Å². The first-order valence-electron chi connectivity index (χ1n) is 4.27. The average Bonchev–Trinajstić information content (AvgIpc) is 2.02. The molecular weight excluding hydrogens is 191 g/mol. The van der Waals surface area contributed by atoms with Crippen molar-refractivity contribution >= 4 is 0 Å². The van der Waals surface area contributed by atoms with Gasteiger partial charge in [-0.3, -0.25) is 0 Å². The van der Waals surface area contributed by atoms with Gasteiger partial charge < -0.3 is 5.73 Å². The van der Waals surface area contributed by atoms with E-state index in [9.17, 15) is 13.2 Å². The van der Waals surface area contributed by atoms with Gasteiger partial charge in [-0.05, 0) is 18.9 Å². The Morgan fingerprint density at radius 3 is 2.50 bits per heavy atom. The summed E-state index contributed by atoms with van der Waals surface area (Å²) in [4.78, 5) is 0. The van der Waals surface area contributed by atoms with Crippen LogP contribution in [0.1, 0.15) is 11.1 Å². The number of rotatable bonds is 2. The SMILES string of the molecule is Cc1cccc(CC(N)C(F)(F)F)c1. The van der Waals surface area contributed by atoms with Gasteiger partial charge in [0, 0.05) is 0 Å². The minimum atomic E-state index is -4.32. The predicted octanol–water partition coefficient (Wildman–Crippen LogP) is 2.43. The van der Waals surface area contributed by atoms with Crippen LogP contribution in [0.4, 0.5) is 13.2 Å². The van der Waals surface area contributed by atoms with Gasteiger partial charge in [-0.2, -0.15) is 13.2 Å². The number of benzene rings is 1. The zero-order chi connectivity index (χ0) is 10.8. The molecule has 2 N–H and O–H groups in total. The minimum Gasteiger partial charge on any atom is -0.320 e. The fourth-order valence-electron chi connectivity index (χ4n) is 1.21. The van der Waals surface area contributed by atoms with Crippen molar-refractivity contribution < 1.29 is 13.2 Å². The number of alkyl halides is 3. The first-order chi connectivity index (χ1) is 6.39. The van der Waals surface area contributed by atoms with Gasteiger partial charge in [0.25, 0.3) is 0 Å². The highest BCUT2D eigenvalue weighted by molar-refractivity contribution is 5.23. The van der Waals surface area contributed by atoms with Crippen molar-refractivity contribution in [2.75, 3.05) is 0 Å². The van der Waals surface area contributed by atoms with E-state index < -0.39 is 12.2 Å². The maximum absolute atomic E-state index is 12.1. The van der Waals surface area contributed by atoms with E-state index in [-0.39, 0.29) is 6.42 Å². The second-order valence-electron chi connectivity index (χ2n) is 3.34. The zero-order valence-corrected chi connectivity index (χ0v) is 7.81. The Balaban J connectivity index is 2.70. The van der Waals surface area contributed by atoms with Crippen molar-refractivity contribution in [3.8, 4) is 0 Å². The molecule has 1 aromatic rings. The van der Waals surface area contributed by atoms with Crippen LogP contribution >= 0.6 is 0 Å². The molecule has 1 unspecified atom stereocenters. The summed E-state index contributed by atoms with van der Waals surface area (Å²) in [5.74, 6) is 0. The lowest BCUT2D eigenvalue weighted by atomic mass is 10.0. The van der Waals surface area contributed by atoms with E-state index in [1.54, 1.807) is 18.2 Å². The largest absolute Gasteiger partial charge is 0.403 e. The third-order valence-corrected chi connectivity index (χ3v) is 1.96. The molecule has 0 radical (unpaired) electrons. The van der Waals surface area contributed by atoms with Crippen LogP contribution in [0.2, 0.25) is 0 Å². The van der Waals surface area contributed by atoms with Gasteiger partial charge in [0.1, 0.15) is 6.04 Å². The summed E-state index contributed by atoms with van der Waals surface area (Å²) >= 11 is 0. The second kappa shape index (κ2) is 4.00. The molecule has 1 aromatic carbocycles. The molecule has 0 fully saturated rings. The van der Waals surface area contributed by atoms with Gasteiger partial charge >= 0.3 is 6.18 Å². The van der Waals surface area contributed by atoms with Crippen molar-refractivity contribution in [3.05, 3.63) is 35.4 Å². The molecule has 0 spiro atoms. The maximum Gasteiger partial charge on any atom is 0.403 e. The van der Waals surface area contributed by atoms with Crippen molar-refractivity contribution in [1.29, 1.82) is 0 Å². The quantitative estimate of drug-likeness (QED) is 0.784. The fourth-order valence-corrected chi connectivity index (χ4v) is 1.21. The number of nitrogens with two attached hydrogens (primary N) is 1. The highest BCUT2D eigenvalue weighted by atomic mass is 19.4. The Labute approximate surface area is 80.7 Å². The number of aryl methyl sites for hydroxylation is 1. The van der Waals surface area contributed by atoms with E-state index in [4.69, 9.17) is 5.73 Å². The molecule has 0 aliphatic heterocycles. The maximum atomic E-state index is 12.1. The molecule has 0 aliphatic rings. The Morgan fingerprint density at radius 1 is 1.36 bits per heavy atom. The standard InChI is InChI=1S/C10H12F3N/c1-7-3-2-4-8(5-7)6-9(14)10(11,12)13/h2-5,9H,6,14H2,1H3. The van der Waals surface area contributed by atoms with E-state index in [0.29, 0.717) is 5.56 Å². The molecule has 0 bridgehead atoms. The van der Waals surface area contributed by atoms with Crippen LogP contribution in [-0.4, -0.2) is 12.2 Å². The van der Waals surface area contributed by atoms with Crippen molar-refractivity contribution in [2.45, 2.75) is 25.6 Å². The Bertz CT molecular complexity index is 306. The van der Waals surface area contributed by atoms with Crippen LogP contribution in [-0.2, 0) is 6.42 Å². The Kier molecular flexibility index (Phi) is 3.16. The number of hydrogen-bond acceptors (Lipinski definition) is 1. The molecule has 0 saturated heterocycles. The van der Waals surface area contributed by atoms with Crippen LogP contribution in [0, 0.1) is 6.92 Å². The van der Waals surface area contributed by atoms with E-state index >= 15 is 0 Å². The van der Waals surface area contributed by atoms with Gasteiger partial charge in [-0.25, -0.2) is 0 Å². The van der Waals surface area contributed by atoms with Crippen LogP contribution in [0.5, 0.6) is 0 Å². The summed E-state index contributed by atoms with van der Waals surface area (Å²) in [6.07, 6.45) is -4.48. The van der Waals surface area contributed by atoms with Crippen LogP contribution in [0.3, 0.4) is 0 Å². The molecule has 0 aliphatic carbocycles. The summed E-state index contributed by atoms with van der Waals surface area (Å²) in [7, 11) is 0. The van der Waals surface area contributed by atoms with Crippen molar-refractivity contribution in [1.82, 2.24) is 0 Å². The molecule has 0 aromatic heterocycles. The topological polar surface area (TPSA) is 26.0 Å². The highest BCUT2D eigenvalue weighted by Crippen LogP contribution is 2.21. The highest BCUT2D eigenvalue weighted by Gasteiger charge is 2.36. The van der Waals surface area contributed by atoms with Crippen LogP contribution < -0.4 is 5.73 Å². The summed E-state index contributed by atoms with van der Waals surface area (Å²) < 4.78 is 36.3. The Morgan fingerprint density at radius 2 is 2.00 bits per heavy atom. The van der Waals surface area contributed by atoms with Crippen molar-refractivity contribution in [3.63, 3.8) is 0 Å². The normalized spacial score (nSPS) is 14.1. The van der Waals surface area contributed by atoms with Crippen LogP contribution in [0.25, 0.3) is 0 Å². The first kappa shape index (κ1) is 11.0. The minimum absolute atomic E-state index is 0.162. The summed E-state index contributed by atoms with van der Waals surface area (Å²) in [6, 6.07) is 5.16. The Hall–Kier alpha value is -1.03. The lowest BCUT2D eigenvalue weighted by molar-refractivity contribution is -0.147. The van der Waals surface area contributed by atoms with E-state index in [2.05, 4.69) is 0 Å². The van der Waals surface area contributed by atoms with Gasteiger partial charge in [-0.15, -0.1) is 0 Å². The molecule has 0 heterocycles. The smallest absolute Gasteiger partial charge is 0.320 e. The first-order valence-corrected chi connectivity index (χ1v) is 4.27. The van der Waals surface area contributed by atoms with Gasteiger partial charge in [-0.1, -0.05) is 29.8 Å². The van der Waals surface area contributed by atoms with Crippen LogP contribution in [0.15, 0.2) is 24.3 Å². The summed E-state index contributed by atoms with van der Waals surface area (Å²) in [5, 5.41) is 0. The molecule has 14 heavy (non-hydrogen) atoms. The molecule has 0 saturated carbocycles. The monoisotopic (exact) mass is 203 g/mol. The van der Waals surface area contributed by atoms with Gasteiger partial charge in [0.05, 0.1) is 0 Å². The average molecular weight is 203 g/mol. The molecule has 1 atom stereocenters. The third-order valence-electron chi connectivity index (χ3n) is 1.96. The second-order valence-corrected chi connectivity index (χ2v) is 3.34. The molecule has 1 nitrogen and oxygen atoms in total. The zero-order valence-electron chi connectivity index (χ0n) is 7.81. The van der Waals surface area contributed by atoms with Gasteiger partial charge in [0.2, 0.25) is 0 Å². The molecule has 1 rings (SSSR count). The third kappa shape index (κ3) is 3.03. The molecule has 0 amide bonds. The lowest BCUT2D eigenvalue weighted by Crippen LogP contribution is -2.39. The van der Waals surface area contributed by atoms with Crippen molar-refractivity contribution in [2.24, 2.45) is 5.73 Å².